The van der Waals surface area contributed by atoms with Crippen molar-refractivity contribution in [2.75, 3.05) is 25.1 Å². The van der Waals surface area contributed by atoms with Crippen LogP contribution in [0.3, 0.4) is 0 Å². The van der Waals surface area contributed by atoms with Gasteiger partial charge in [-0.25, -0.2) is 0 Å². The number of aromatic nitrogens is 5. The first-order valence-corrected chi connectivity index (χ1v) is 12.3. The fourth-order valence-electron chi connectivity index (χ4n) is 5.94. The number of pyridine rings is 1. The van der Waals surface area contributed by atoms with Gasteiger partial charge in [0.25, 0.3) is 11.1 Å². The molecule has 1 atom stereocenters. The summed E-state index contributed by atoms with van der Waals surface area (Å²) in [5, 5.41) is 7.40. The molecule has 1 aliphatic heterocycles. The molecule has 1 fully saturated rings. The molecule has 4 heterocycles. The second-order valence-electron chi connectivity index (χ2n) is 10.0. The number of benzene rings is 1. The zero-order valence-corrected chi connectivity index (χ0v) is 20.9. The van der Waals surface area contributed by atoms with Crippen molar-refractivity contribution in [3.05, 3.63) is 86.2 Å². The molecular formula is C27H29N7O3. The molecule has 1 aliphatic carbocycles. The highest BCUT2D eigenvalue weighted by Crippen LogP contribution is 2.50. The molecule has 0 amide bonds. The zero-order chi connectivity index (χ0) is 25.9. The highest BCUT2D eigenvalue weighted by molar-refractivity contribution is 5.93. The van der Waals surface area contributed by atoms with Crippen LogP contribution >= 0.6 is 0 Å². The number of ether oxygens (including phenoxy) is 1. The van der Waals surface area contributed by atoms with E-state index in [4.69, 9.17) is 10.5 Å². The lowest BCUT2D eigenvalue weighted by Gasteiger charge is -2.42. The van der Waals surface area contributed by atoms with Gasteiger partial charge < -0.3 is 19.9 Å². The molecule has 0 saturated carbocycles. The molecule has 10 nitrogen and oxygen atoms in total. The number of H-pyrrole nitrogens is 2. The van der Waals surface area contributed by atoms with Crippen molar-refractivity contribution in [2.45, 2.75) is 25.3 Å². The van der Waals surface area contributed by atoms with Crippen LogP contribution in [0.1, 0.15) is 41.3 Å². The number of aromatic amines is 2. The van der Waals surface area contributed by atoms with Gasteiger partial charge in [-0.3, -0.25) is 19.7 Å². The first-order valence-electron chi connectivity index (χ1n) is 12.3. The number of fused-ring (bicyclic) bond motifs is 2. The minimum Gasteiger partial charge on any atom is -0.496 e. The van der Waals surface area contributed by atoms with Crippen LogP contribution in [0.2, 0.25) is 0 Å². The second-order valence-corrected chi connectivity index (χ2v) is 10.0. The first-order chi connectivity index (χ1) is 17.8. The summed E-state index contributed by atoms with van der Waals surface area (Å²) in [6.45, 7) is 5.55. The van der Waals surface area contributed by atoms with Gasteiger partial charge in [0.15, 0.2) is 5.65 Å². The van der Waals surface area contributed by atoms with E-state index in [1.165, 1.54) is 22.8 Å². The third-order valence-corrected chi connectivity index (χ3v) is 8.12. The van der Waals surface area contributed by atoms with Crippen molar-refractivity contribution in [1.82, 2.24) is 24.7 Å². The minimum absolute atomic E-state index is 0.0166. The molecule has 3 aromatic heterocycles. The Labute approximate surface area is 212 Å². The van der Waals surface area contributed by atoms with Gasteiger partial charge in [0, 0.05) is 37.9 Å². The van der Waals surface area contributed by atoms with Gasteiger partial charge in [0.1, 0.15) is 11.1 Å². The smallest absolute Gasteiger partial charge is 0.264 e. The summed E-state index contributed by atoms with van der Waals surface area (Å²) in [5.74, 6) is 0.847. The van der Waals surface area contributed by atoms with E-state index >= 15 is 0 Å². The van der Waals surface area contributed by atoms with Gasteiger partial charge in [-0.2, -0.15) is 10.1 Å². The Kier molecular flexibility index (Phi) is 5.30. The summed E-state index contributed by atoms with van der Waals surface area (Å²) >= 11 is 0. The molecule has 1 aromatic carbocycles. The topological polar surface area (TPSA) is 135 Å². The van der Waals surface area contributed by atoms with Crippen molar-refractivity contribution in [2.24, 2.45) is 18.2 Å². The molecule has 10 heteroatoms. The van der Waals surface area contributed by atoms with Gasteiger partial charge >= 0.3 is 0 Å². The van der Waals surface area contributed by atoms with Crippen LogP contribution in [-0.4, -0.2) is 44.9 Å². The molecule has 4 aromatic rings. The number of nitrogens with zero attached hydrogens (tertiary/aromatic N) is 4. The molecule has 0 bridgehead atoms. The molecule has 0 radical (unpaired) electrons. The molecule has 190 valence electrons. The van der Waals surface area contributed by atoms with Crippen LogP contribution in [0.4, 0.5) is 5.95 Å². The SMILES string of the molecule is C=C(c1c(OC)ccn(C)c1=O)c1[nH]nc2nc(N3CCC4(CC3)Cc3ccccc3[C@H]4N)[nH]c(=O)c12. The Morgan fingerprint density at radius 3 is 2.70 bits per heavy atom. The number of piperidine rings is 1. The number of nitrogens with one attached hydrogen (secondary N) is 2. The summed E-state index contributed by atoms with van der Waals surface area (Å²) in [5.41, 5.74) is 9.88. The summed E-state index contributed by atoms with van der Waals surface area (Å²) < 4.78 is 6.81. The van der Waals surface area contributed by atoms with Crippen LogP contribution in [0.5, 0.6) is 5.75 Å². The summed E-state index contributed by atoms with van der Waals surface area (Å²) in [7, 11) is 3.13. The highest BCUT2D eigenvalue weighted by Gasteiger charge is 2.46. The molecule has 1 saturated heterocycles. The van der Waals surface area contributed by atoms with Crippen LogP contribution in [0, 0.1) is 5.41 Å². The number of hydrogen-bond acceptors (Lipinski definition) is 7. The third-order valence-electron chi connectivity index (χ3n) is 8.12. The fourth-order valence-corrected chi connectivity index (χ4v) is 5.94. The molecule has 37 heavy (non-hydrogen) atoms. The second kappa shape index (κ2) is 8.45. The lowest BCUT2D eigenvalue weighted by atomic mass is 9.73. The number of anilines is 1. The normalized spacial score (nSPS) is 18.4. The van der Waals surface area contributed by atoms with E-state index in [9.17, 15) is 9.59 Å². The quantitative estimate of drug-likeness (QED) is 0.392. The van der Waals surface area contributed by atoms with Crippen molar-refractivity contribution in [3.8, 4) is 5.75 Å². The van der Waals surface area contributed by atoms with E-state index < -0.39 is 0 Å². The van der Waals surface area contributed by atoms with Gasteiger partial charge in [0.2, 0.25) is 5.95 Å². The lowest BCUT2D eigenvalue weighted by Crippen LogP contribution is -2.45. The molecule has 4 N–H and O–H groups in total. The molecule has 6 rings (SSSR count). The third kappa shape index (κ3) is 3.51. The fraction of sp³-hybridized carbons (Fsp3) is 0.333. The monoisotopic (exact) mass is 499 g/mol. The van der Waals surface area contributed by atoms with E-state index in [1.807, 2.05) is 0 Å². The maximum Gasteiger partial charge on any atom is 0.264 e. The van der Waals surface area contributed by atoms with Crippen LogP contribution in [-0.2, 0) is 13.5 Å². The number of hydrogen-bond donors (Lipinski definition) is 3. The average molecular weight is 500 g/mol. The zero-order valence-electron chi connectivity index (χ0n) is 20.9. The molecular weight excluding hydrogens is 470 g/mol. The number of nitrogens with two attached hydrogens (primary N) is 1. The summed E-state index contributed by atoms with van der Waals surface area (Å²) in [6, 6.07) is 10.1. The van der Waals surface area contributed by atoms with E-state index in [1.54, 1.807) is 19.3 Å². The minimum atomic E-state index is -0.345. The van der Waals surface area contributed by atoms with Gasteiger partial charge in [-0.1, -0.05) is 30.8 Å². The van der Waals surface area contributed by atoms with E-state index in [-0.39, 0.29) is 39.2 Å². The van der Waals surface area contributed by atoms with Crippen molar-refractivity contribution in [1.29, 1.82) is 0 Å². The van der Waals surface area contributed by atoms with E-state index in [2.05, 4.69) is 55.9 Å². The van der Waals surface area contributed by atoms with E-state index in [0.717, 1.165) is 32.4 Å². The van der Waals surface area contributed by atoms with Gasteiger partial charge in [-0.05, 0) is 41.9 Å². The maximum absolute atomic E-state index is 13.3. The van der Waals surface area contributed by atoms with Crippen LogP contribution in [0.25, 0.3) is 16.6 Å². The van der Waals surface area contributed by atoms with Crippen LogP contribution < -0.4 is 26.5 Å². The maximum atomic E-state index is 13.3. The molecule has 1 spiro atoms. The number of aryl methyl sites for hydroxylation is 1. The average Bonchev–Trinajstić information content (AvgIpc) is 3.45. The Balaban J connectivity index is 1.29. The molecule has 0 unspecified atom stereocenters. The Morgan fingerprint density at radius 2 is 1.97 bits per heavy atom. The lowest BCUT2D eigenvalue weighted by molar-refractivity contribution is 0.187. The standard InChI is InChI=1S/C27H29N7O3/c1-15(19-18(37-3)8-11-33(2)25(19)36)21-20-23(32-31-21)29-26(30-24(20)35)34-12-9-27(10-13-34)14-16-6-4-5-7-17(16)22(27)28/h4-8,11,22H,1,9-10,12-14,28H2,2-3H3,(H2,29,30,31,32,35)/t22-/m1/s1. The Bertz CT molecular complexity index is 1660. The largest absolute Gasteiger partial charge is 0.496 e. The number of rotatable bonds is 4. The Hall–Kier alpha value is -4.18. The number of methoxy groups -OCH3 is 1. The predicted octanol–water partition coefficient (Wildman–Crippen LogP) is 2.26. The predicted molar refractivity (Wildman–Crippen MR) is 142 cm³/mol. The molecule has 2 aliphatic rings. The van der Waals surface area contributed by atoms with Crippen molar-refractivity contribution >= 4 is 22.6 Å². The van der Waals surface area contributed by atoms with Crippen molar-refractivity contribution < 1.29 is 4.74 Å². The van der Waals surface area contributed by atoms with Crippen molar-refractivity contribution in [3.63, 3.8) is 0 Å². The summed E-state index contributed by atoms with van der Waals surface area (Å²) in [6.07, 6.45) is 4.41. The van der Waals surface area contributed by atoms with Gasteiger partial charge in [0.05, 0.1) is 18.4 Å². The Morgan fingerprint density at radius 1 is 1.22 bits per heavy atom. The highest BCUT2D eigenvalue weighted by atomic mass is 16.5. The summed E-state index contributed by atoms with van der Waals surface area (Å²) in [4.78, 5) is 35.8. The van der Waals surface area contributed by atoms with E-state index in [0.29, 0.717) is 23.0 Å². The van der Waals surface area contributed by atoms with Gasteiger partial charge in [-0.15, -0.1) is 0 Å². The first kappa shape index (κ1) is 23.2. The van der Waals surface area contributed by atoms with Crippen LogP contribution in [0.15, 0.2) is 52.7 Å².